The van der Waals surface area contributed by atoms with E-state index in [1.54, 1.807) is 12.1 Å². The molecule has 0 fully saturated rings. The van der Waals surface area contributed by atoms with Crippen molar-refractivity contribution in [3.8, 4) is 22.3 Å². The van der Waals surface area contributed by atoms with Crippen LogP contribution in [0, 0.1) is 23.1 Å². The third-order valence-corrected chi connectivity index (χ3v) is 11.6. The number of aryl methyl sites for hydroxylation is 1. The normalized spacial score (nSPS) is 18.7. The Bertz CT molecular complexity index is 1880. The third kappa shape index (κ3) is 5.19. The summed E-state index contributed by atoms with van der Waals surface area (Å²) >= 11 is 0.845. The number of hydrogen-bond donors (Lipinski definition) is 0. The summed E-state index contributed by atoms with van der Waals surface area (Å²) in [6.07, 6.45) is -0.665. The highest BCUT2D eigenvalue weighted by Gasteiger charge is 2.39. The second kappa shape index (κ2) is 10.7. The van der Waals surface area contributed by atoms with E-state index in [4.69, 9.17) is 0 Å². The van der Waals surface area contributed by atoms with Crippen LogP contribution in [0.4, 0.5) is 17.6 Å². The Morgan fingerprint density at radius 2 is 1.93 bits per heavy atom. The third-order valence-electron chi connectivity index (χ3n) is 8.20. The van der Waals surface area contributed by atoms with E-state index in [9.17, 15) is 31.2 Å². The summed E-state index contributed by atoms with van der Waals surface area (Å²) in [5.74, 6) is -0.459. The highest BCUT2D eigenvalue weighted by molar-refractivity contribution is 7.91. The molecule has 0 saturated heterocycles. The average Bonchev–Trinajstić information content (AvgIpc) is 3.74. The van der Waals surface area contributed by atoms with E-state index in [0.29, 0.717) is 11.3 Å². The minimum atomic E-state index is -4.63. The molecule has 6 rings (SSSR count). The first-order valence-corrected chi connectivity index (χ1v) is 15.8. The maximum atomic E-state index is 13.8. The number of nitriles is 1. The van der Waals surface area contributed by atoms with Crippen molar-refractivity contribution >= 4 is 21.4 Å². The van der Waals surface area contributed by atoms with Crippen molar-refractivity contribution in [2.75, 3.05) is 13.1 Å². The zero-order valence-electron chi connectivity index (χ0n) is 23.1. The van der Waals surface area contributed by atoms with E-state index in [2.05, 4.69) is 17.1 Å². The second-order valence-corrected chi connectivity index (χ2v) is 14.0. The largest absolute Gasteiger partial charge is 0.435 e. The van der Waals surface area contributed by atoms with Gasteiger partial charge in [0.25, 0.3) is 10.0 Å². The summed E-state index contributed by atoms with van der Waals surface area (Å²) < 4.78 is 84.5. The zero-order chi connectivity index (χ0) is 30.7. The molecule has 8 nitrogen and oxygen atoms in total. The molecule has 14 heteroatoms. The fraction of sp³-hybridized carbons (Fsp3) is 0.345. The molecular weight excluding hydrogens is 604 g/mol. The van der Waals surface area contributed by atoms with Crippen LogP contribution in [0.5, 0.6) is 0 Å². The lowest BCUT2D eigenvalue weighted by molar-refractivity contribution is -0.141. The van der Waals surface area contributed by atoms with Crippen LogP contribution in [-0.4, -0.2) is 45.4 Å². The predicted molar refractivity (Wildman–Crippen MR) is 151 cm³/mol. The zero-order valence-corrected chi connectivity index (χ0v) is 24.8. The van der Waals surface area contributed by atoms with Gasteiger partial charge in [0.05, 0.1) is 34.2 Å². The predicted octanol–water partition coefficient (Wildman–Crippen LogP) is 6.07. The summed E-state index contributed by atoms with van der Waals surface area (Å²) in [6, 6.07) is 11.8. The number of benzene rings is 1. The Balaban J connectivity index is 1.25. The van der Waals surface area contributed by atoms with Crippen LogP contribution in [0.15, 0.2) is 64.0 Å². The number of rotatable bonds is 7. The van der Waals surface area contributed by atoms with Crippen molar-refractivity contribution in [1.29, 1.82) is 5.26 Å². The van der Waals surface area contributed by atoms with Crippen LogP contribution in [0.1, 0.15) is 42.6 Å². The summed E-state index contributed by atoms with van der Waals surface area (Å²) in [5, 5.41) is 17.6. The SMILES string of the molecule is C[C@@H]1C2=C(CC[C@@H]2CN(CC#N)S(=O)(=O)c2ccc(-c3cc(C(F)(F)F)nn3C)s2)Cc2c1cnn2-c1ccc(F)cc1. The fourth-order valence-electron chi connectivity index (χ4n) is 6.21. The second-order valence-electron chi connectivity index (χ2n) is 10.7. The molecule has 1 aromatic carbocycles. The maximum absolute atomic E-state index is 13.8. The van der Waals surface area contributed by atoms with Gasteiger partial charge >= 0.3 is 6.18 Å². The molecule has 43 heavy (non-hydrogen) atoms. The van der Waals surface area contributed by atoms with Crippen molar-refractivity contribution in [3.63, 3.8) is 0 Å². The van der Waals surface area contributed by atoms with Gasteiger partial charge in [-0.1, -0.05) is 18.1 Å². The van der Waals surface area contributed by atoms with E-state index < -0.39 is 21.9 Å². The Hall–Kier alpha value is -3.80. The van der Waals surface area contributed by atoms with Gasteiger partial charge in [0.15, 0.2) is 5.69 Å². The molecule has 4 aromatic rings. The van der Waals surface area contributed by atoms with Gasteiger partial charge in [-0.2, -0.15) is 32.9 Å². The first-order valence-electron chi connectivity index (χ1n) is 13.5. The number of alkyl halides is 3. The van der Waals surface area contributed by atoms with Crippen molar-refractivity contribution < 1.29 is 26.0 Å². The van der Waals surface area contributed by atoms with E-state index in [-0.39, 0.29) is 40.6 Å². The molecule has 0 spiro atoms. The Morgan fingerprint density at radius 1 is 1.19 bits per heavy atom. The van der Waals surface area contributed by atoms with Gasteiger partial charge in [-0.3, -0.25) is 4.68 Å². The molecule has 0 unspecified atom stereocenters. The lowest BCUT2D eigenvalue weighted by atomic mass is 9.80. The maximum Gasteiger partial charge on any atom is 0.435 e. The lowest BCUT2D eigenvalue weighted by Crippen LogP contribution is -2.36. The molecule has 0 N–H and O–H groups in total. The first kappa shape index (κ1) is 29.3. The molecule has 0 aliphatic heterocycles. The van der Waals surface area contributed by atoms with Crippen molar-refractivity contribution in [2.24, 2.45) is 13.0 Å². The van der Waals surface area contributed by atoms with Gasteiger partial charge in [-0.25, -0.2) is 17.5 Å². The van der Waals surface area contributed by atoms with Crippen molar-refractivity contribution in [1.82, 2.24) is 23.9 Å². The van der Waals surface area contributed by atoms with E-state index in [0.717, 1.165) is 61.7 Å². The van der Waals surface area contributed by atoms with Gasteiger partial charge < -0.3 is 0 Å². The number of allylic oxidation sites excluding steroid dienone is 1. The van der Waals surface area contributed by atoms with Gasteiger partial charge in [0, 0.05) is 31.5 Å². The van der Waals surface area contributed by atoms with Crippen LogP contribution < -0.4 is 0 Å². The van der Waals surface area contributed by atoms with Crippen LogP contribution >= 0.6 is 11.3 Å². The highest BCUT2D eigenvalue weighted by atomic mass is 32.2. The number of fused-ring (bicyclic) bond motifs is 1. The number of sulfonamides is 1. The first-order chi connectivity index (χ1) is 20.4. The van der Waals surface area contributed by atoms with Gasteiger partial charge in [0.2, 0.25) is 0 Å². The van der Waals surface area contributed by atoms with Crippen LogP contribution in [-0.2, 0) is 29.7 Å². The molecule has 3 aromatic heterocycles. The average molecular weight is 631 g/mol. The molecule has 3 heterocycles. The van der Waals surface area contributed by atoms with E-state index in [1.165, 1.54) is 36.9 Å². The highest BCUT2D eigenvalue weighted by Crippen LogP contribution is 2.48. The molecular formula is C29H26F4N6O2S2. The van der Waals surface area contributed by atoms with Gasteiger partial charge in [-0.05, 0) is 61.2 Å². The molecule has 0 saturated carbocycles. The number of halogens is 4. The molecule has 224 valence electrons. The summed E-state index contributed by atoms with van der Waals surface area (Å²) in [5.41, 5.74) is 4.27. The van der Waals surface area contributed by atoms with Gasteiger partial charge in [-0.15, -0.1) is 11.3 Å². The standard InChI is InChI=1S/C29H26F4N6O2S2/c1-17-22-15-35-39(21-7-5-20(30)6-8-21)23(22)13-18-3-4-19(28(17)18)16-38(12-11-34)43(40,41)27-10-9-25(42-27)24-14-26(29(31,32)33)36-37(24)2/h5-10,14-15,17,19H,3-4,12-13,16H2,1-2H3/t17-,19+/m0/s1. The Kier molecular flexibility index (Phi) is 7.30. The van der Waals surface area contributed by atoms with E-state index in [1.807, 2.05) is 16.9 Å². The summed E-state index contributed by atoms with van der Waals surface area (Å²) in [7, 11) is -2.75. The number of aromatic nitrogens is 4. The molecule has 0 bridgehead atoms. The minimum Gasteiger partial charge on any atom is -0.267 e. The molecule has 0 amide bonds. The quantitative estimate of drug-likeness (QED) is 0.140. The minimum absolute atomic E-state index is 0.0203. The number of hydrogen-bond acceptors (Lipinski definition) is 6. The molecule has 2 aliphatic rings. The van der Waals surface area contributed by atoms with Crippen molar-refractivity contribution in [2.45, 2.75) is 42.5 Å². The molecule has 2 aliphatic carbocycles. The van der Waals surface area contributed by atoms with E-state index >= 15 is 0 Å². The molecule has 0 radical (unpaired) electrons. The monoisotopic (exact) mass is 630 g/mol. The lowest BCUT2D eigenvalue weighted by Gasteiger charge is -2.29. The Morgan fingerprint density at radius 3 is 2.60 bits per heavy atom. The smallest absolute Gasteiger partial charge is 0.267 e. The summed E-state index contributed by atoms with van der Waals surface area (Å²) in [6.45, 7) is 1.82. The van der Waals surface area contributed by atoms with Crippen LogP contribution in [0.3, 0.4) is 0 Å². The van der Waals surface area contributed by atoms with Crippen LogP contribution in [0.2, 0.25) is 0 Å². The Labute approximate surface area is 249 Å². The summed E-state index contributed by atoms with van der Waals surface area (Å²) in [4.78, 5) is 0.318. The fourth-order valence-corrected chi connectivity index (χ4v) is 9.10. The van der Waals surface area contributed by atoms with Crippen LogP contribution in [0.25, 0.3) is 16.3 Å². The number of nitrogens with zero attached hydrogens (tertiary/aromatic N) is 6. The van der Waals surface area contributed by atoms with Crippen molar-refractivity contribution in [3.05, 3.63) is 82.6 Å². The van der Waals surface area contributed by atoms with Gasteiger partial charge in [0.1, 0.15) is 16.6 Å². The topological polar surface area (TPSA) is 96.8 Å². The number of thiophene rings is 1. The molecule has 2 atom stereocenters.